The number of nitrogens with one attached hydrogen (secondary N) is 1. The molecule has 2 amide bonds. The number of halogens is 1. The second-order valence-electron chi connectivity index (χ2n) is 5.97. The van der Waals surface area contributed by atoms with Gasteiger partial charge in [0.15, 0.2) is 0 Å². The summed E-state index contributed by atoms with van der Waals surface area (Å²) in [7, 11) is 0. The molecule has 1 aliphatic rings. The highest BCUT2D eigenvalue weighted by atomic mass is 19.1. The Bertz CT molecular complexity index is 796. The van der Waals surface area contributed by atoms with E-state index < -0.39 is 11.7 Å². The maximum Gasteiger partial charge on any atom is 0.254 e. The monoisotopic (exact) mass is 342 g/mol. The first-order chi connectivity index (χ1) is 12.1. The highest BCUT2D eigenvalue weighted by Crippen LogP contribution is 2.30. The summed E-state index contributed by atoms with van der Waals surface area (Å²) in [5, 5.41) is 2.65. The van der Waals surface area contributed by atoms with Gasteiger partial charge in [-0.1, -0.05) is 12.1 Å². The molecule has 3 rings (SSSR count). The van der Waals surface area contributed by atoms with E-state index in [1.165, 1.54) is 18.2 Å². The van der Waals surface area contributed by atoms with Crippen molar-refractivity contribution in [3.05, 3.63) is 59.4 Å². The average molecular weight is 342 g/mol. The molecule has 1 aromatic heterocycles. The highest BCUT2D eigenvalue weighted by Gasteiger charge is 2.29. The van der Waals surface area contributed by atoms with Gasteiger partial charge in [0.2, 0.25) is 5.91 Å². The van der Waals surface area contributed by atoms with E-state index in [9.17, 15) is 14.0 Å². The van der Waals surface area contributed by atoms with Crippen LogP contribution >= 0.6 is 0 Å². The van der Waals surface area contributed by atoms with Gasteiger partial charge in [-0.05, 0) is 25.0 Å². The Labute approximate surface area is 145 Å². The smallest absolute Gasteiger partial charge is 0.254 e. The lowest BCUT2D eigenvalue weighted by molar-refractivity contribution is -0.129. The first-order valence-electron chi connectivity index (χ1n) is 8.17. The van der Waals surface area contributed by atoms with E-state index in [-0.39, 0.29) is 24.1 Å². The maximum atomic E-state index is 13.6. The van der Waals surface area contributed by atoms with Gasteiger partial charge in [0, 0.05) is 13.5 Å². The molecule has 1 N–H and O–H groups in total. The van der Waals surface area contributed by atoms with E-state index >= 15 is 0 Å². The largest absolute Gasteiger partial charge is 0.346 e. The van der Waals surface area contributed by atoms with Crippen LogP contribution in [0.15, 0.2) is 36.7 Å². The first kappa shape index (κ1) is 17.0. The summed E-state index contributed by atoms with van der Waals surface area (Å²) in [6.45, 7) is 2.40. The van der Waals surface area contributed by atoms with Crippen LogP contribution in [0.5, 0.6) is 0 Å². The third kappa shape index (κ3) is 3.81. The van der Waals surface area contributed by atoms with Gasteiger partial charge in [0.25, 0.3) is 5.91 Å². The van der Waals surface area contributed by atoms with Crippen molar-refractivity contribution in [1.82, 2.24) is 20.2 Å². The van der Waals surface area contributed by atoms with E-state index in [2.05, 4.69) is 15.3 Å². The molecule has 0 spiro atoms. The number of aromatic nitrogens is 2. The number of nitrogens with zero attached hydrogens (tertiary/aromatic N) is 3. The molecule has 0 saturated carbocycles. The minimum absolute atomic E-state index is 0.00911. The van der Waals surface area contributed by atoms with Crippen molar-refractivity contribution in [3.8, 4) is 0 Å². The second-order valence-corrected chi connectivity index (χ2v) is 5.97. The van der Waals surface area contributed by atoms with Crippen molar-refractivity contribution in [2.75, 3.05) is 6.54 Å². The SMILES string of the molecule is CC(=O)N1CCC[C@@H]1c1cncc(CNC(=O)c2ccccc2F)n1. The van der Waals surface area contributed by atoms with Gasteiger partial charge in [0.05, 0.1) is 41.9 Å². The predicted molar refractivity (Wildman–Crippen MR) is 89.0 cm³/mol. The van der Waals surface area contributed by atoms with Gasteiger partial charge in [0.1, 0.15) is 5.82 Å². The molecule has 6 nitrogen and oxygen atoms in total. The highest BCUT2D eigenvalue weighted by molar-refractivity contribution is 5.94. The zero-order valence-electron chi connectivity index (χ0n) is 13.9. The van der Waals surface area contributed by atoms with Crippen LogP contribution in [0.4, 0.5) is 4.39 Å². The van der Waals surface area contributed by atoms with Gasteiger partial charge >= 0.3 is 0 Å². The Kier molecular flexibility index (Phi) is 5.02. The molecule has 0 bridgehead atoms. The molecule has 0 radical (unpaired) electrons. The van der Waals surface area contributed by atoms with Crippen LogP contribution in [0.3, 0.4) is 0 Å². The summed E-state index contributed by atoms with van der Waals surface area (Å²) in [6, 6.07) is 5.73. The number of amides is 2. The maximum absolute atomic E-state index is 13.6. The van der Waals surface area contributed by atoms with E-state index in [0.717, 1.165) is 19.4 Å². The van der Waals surface area contributed by atoms with Crippen molar-refractivity contribution < 1.29 is 14.0 Å². The van der Waals surface area contributed by atoms with Gasteiger partial charge < -0.3 is 10.2 Å². The van der Waals surface area contributed by atoms with Crippen molar-refractivity contribution >= 4 is 11.8 Å². The molecule has 2 heterocycles. The molecule has 7 heteroatoms. The minimum Gasteiger partial charge on any atom is -0.346 e. The summed E-state index contributed by atoms with van der Waals surface area (Å²) in [5.41, 5.74) is 1.27. The summed E-state index contributed by atoms with van der Waals surface area (Å²) >= 11 is 0. The number of carbonyl (C=O) groups is 2. The van der Waals surface area contributed by atoms with E-state index in [1.54, 1.807) is 30.3 Å². The minimum atomic E-state index is -0.567. The predicted octanol–water partition coefficient (Wildman–Crippen LogP) is 2.23. The Balaban J connectivity index is 1.69. The number of carbonyl (C=O) groups excluding carboxylic acids is 2. The van der Waals surface area contributed by atoms with E-state index in [4.69, 9.17) is 0 Å². The van der Waals surface area contributed by atoms with Crippen molar-refractivity contribution in [2.45, 2.75) is 32.4 Å². The van der Waals surface area contributed by atoms with Crippen LogP contribution in [0.2, 0.25) is 0 Å². The Morgan fingerprint density at radius 1 is 1.32 bits per heavy atom. The first-order valence-corrected chi connectivity index (χ1v) is 8.17. The van der Waals surface area contributed by atoms with Crippen LogP contribution in [-0.2, 0) is 11.3 Å². The summed E-state index contributed by atoms with van der Waals surface area (Å²) < 4.78 is 13.6. The van der Waals surface area contributed by atoms with Crippen LogP contribution in [0.25, 0.3) is 0 Å². The zero-order chi connectivity index (χ0) is 17.8. The van der Waals surface area contributed by atoms with Gasteiger partial charge in [-0.15, -0.1) is 0 Å². The summed E-state index contributed by atoms with van der Waals surface area (Å²) in [6.07, 6.45) is 4.98. The normalized spacial score (nSPS) is 16.7. The van der Waals surface area contributed by atoms with Crippen LogP contribution in [0, 0.1) is 5.82 Å². The van der Waals surface area contributed by atoms with Gasteiger partial charge in [-0.25, -0.2) is 4.39 Å². The zero-order valence-corrected chi connectivity index (χ0v) is 13.9. The molecule has 0 aliphatic carbocycles. The molecular weight excluding hydrogens is 323 g/mol. The molecule has 0 unspecified atom stereocenters. The Hall–Kier alpha value is -2.83. The summed E-state index contributed by atoms with van der Waals surface area (Å²) in [4.78, 5) is 34.2. The van der Waals surface area contributed by atoms with Crippen LogP contribution < -0.4 is 5.32 Å². The standard InChI is InChI=1S/C18H19FN4O2/c1-12(24)23-8-4-7-17(23)16-11-20-9-13(22-16)10-21-18(25)14-5-2-3-6-15(14)19/h2-3,5-6,9,11,17H,4,7-8,10H2,1H3,(H,21,25)/t17-/m1/s1. The molecule has 130 valence electrons. The Morgan fingerprint density at radius 3 is 2.88 bits per heavy atom. The molecule has 1 saturated heterocycles. The lowest BCUT2D eigenvalue weighted by Crippen LogP contribution is -2.29. The van der Waals surface area contributed by atoms with Crippen LogP contribution in [0.1, 0.15) is 47.6 Å². The fourth-order valence-corrected chi connectivity index (χ4v) is 3.03. The molecule has 1 aliphatic heterocycles. The number of hydrogen-bond acceptors (Lipinski definition) is 4. The second kappa shape index (κ2) is 7.38. The van der Waals surface area contributed by atoms with Gasteiger partial charge in [-0.3, -0.25) is 19.6 Å². The fraction of sp³-hybridized carbons (Fsp3) is 0.333. The quantitative estimate of drug-likeness (QED) is 0.924. The van der Waals surface area contributed by atoms with Crippen molar-refractivity contribution in [3.63, 3.8) is 0 Å². The van der Waals surface area contributed by atoms with Crippen molar-refractivity contribution in [2.24, 2.45) is 0 Å². The molecule has 1 fully saturated rings. The van der Waals surface area contributed by atoms with E-state index in [1.807, 2.05) is 0 Å². The van der Waals surface area contributed by atoms with Crippen molar-refractivity contribution in [1.29, 1.82) is 0 Å². The number of rotatable bonds is 4. The molecule has 25 heavy (non-hydrogen) atoms. The topological polar surface area (TPSA) is 75.2 Å². The number of likely N-dealkylation sites (tertiary alicyclic amines) is 1. The van der Waals surface area contributed by atoms with Crippen LogP contribution in [-0.4, -0.2) is 33.2 Å². The fourth-order valence-electron chi connectivity index (χ4n) is 3.03. The molecular formula is C18H19FN4O2. The average Bonchev–Trinajstić information content (AvgIpc) is 3.10. The lowest BCUT2D eigenvalue weighted by Gasteiger charge is -2.22. The Morgan fingerprint density at radius 2 is 2.12 bits per heavy atom. The third-order valence-corrected chi connectivity index (χ3v) is 4.25. The third-order valence-electron chi connectivity index (χ3n) is 4.25. The molecule has 1 aromatic carbocycles. The number of benzene rings is 1. The molecule has 2 aromatic rings. The molecule has 1 atom stereocenters. The van der Waals surface area contributed by atoms with E-state index in [0.29, 0.717) is 11.4 Å². The number of hydrogen-bond donors (Lipinski definition) is 1. The van der Waals surface area contributed by atoms with Gasteiger partial charge in [-0.2, -0.15) is 0 Å². The lowest BCUT2D eigenvalue weighted by atomic mass is 10.1. The summed E-state index contributed by atoms with van der Waals surface area (Å²) in [5.74, 6) is -1.05.